The Bertz CT molecular complexity index is 299. The molecule has 0 heterocycles. The molecule has 4 heteroatoms. The van der Waals surface area contributed by atoms with E-state index in [4.69, 9.17) is 9.84 Å². The Morgan fingerprint density at radius 1 is 1.62 bits per heavy atom. The number of aliphatic hydroxyl groups is 1. The molecular weight excluding hydrogens is 170 g/mol. The van der Waals surface area contributed by atoms with Crippen molar-refractivity contribution in [2.45, 2.75) is 6.61 Å². The highest BCUT2D eigenvalue weighted by Crippen LogP contribution is 2.21. The lowest BCUT2D eigenvalue weighted by atomic mass is 10.2. The molecule has 1 aromatic rings. The largest absolute Gasteiger partial charge is 0.497 e. The number of nitrogens with one attached hydrogen (secondary N) is 1. The molecule has 70 valence electrons. The lowest BCUT2D eigenvalue weighted by Gasteiger charge is -2.07. The van der Waals surface area contributed by atoms with E-state index in [2.05, 4.69) is 5.32 Å². The van der Waals surface area contributed by atoms with Gasteiger partial charge in [-0.2, -0.15) is 0 Å². The van der Waals surface area contributed by atoms with Crippen molar-refractivity contribution in [1.29, 1.82) is 0 Å². The first-order valence-electron chi connectivity index (χ1n) is 3.79. The highest BCUT2D eigenvalue weighted by molar-refractivity contribution is 5.73. The predicted octanol–water partition coefficient (Wildman–Crippen LogP) is 0.756. The maximum Gasteiger partial charge on any atom is 0.211 e. The van der Waals surface area contributed by atoms with Gasteiger partial charge < -0.3 is 15.2 Å². The Morgan fingerprint density at radius 2 is 2.38 bits per heavy atom. The normalized spacial score (nSPS) is 9.38. The first-order chi connectivity index (χ1) is 6.31. The maximum atomic E-state index is 10.2. The Morgan fingerprint density at radius 3 is 2.92 bits per heavy atom. The van der Waals surface area contributed by atoms with Gasteiger partial charge in [0.15, 0.2) is 0 Å². The molecular formula is C9H11NO3. The molecule has 0 radical (unpaired) electrons. The number of methoxy groups -OCH3 is 1. The summed E-state index contributed by atoms with van der Waals surface area (Å²) in [5, 5.41) is 11.4. The Kier molecular flexibility index (Phi) is 3.28. The highest BCUT2D eigenvalue weighted by atomic mass is 16.5. The third kappa shape index (κ3) is 2.19. The first-order valence-corrected chi connectivity index (χ1v) is 3.79. The third-order valence-electron chi connectivity index (χ3n) is 1.70. The number of anilines is 1. The van der Waals surface area contributed by atoms with Crippen LogP contribution in [0.2, 0.25) is 0 Å². The molecule has 0 spiro atoms. The quantitative estimate of drug-likeness (QED) is 0.674. The van der Waals surface area contributed by atoms with Crippen LogP contribution in [0.4, 0.5) is 5.69 Å². The second kappa shape index (κ2) is 4.47. The zero-order valence-electron chi connectivity index (χ0n) is 7.28. The van der Waals surface area contributed by atoms with Gasteiger partial charge in [-0.05, 0) is 18.2 Å². The summed E-state index contributed by atoms with van der Waals surface area (Å²) < 4.78 is 4.96. The molecule has 0 aromatic heterocycles. The van der Waals surface area contributed by atoms with Crippen LogP contribution >= 0.6 is 0 Å². The van der Waals surface area contributed by atoms with Gasteiger partial charge in [-0.25, -0.2) is 0 Å². The Hall–Kier alpha value is -1.55. The van der Waals surface area contributed by atoms with Gasteiger partial charge in [0.05, 0.1) is 13.7 Å². The molecule has 0 aliphatic rings. The summed E-state index contributed by atoms with van der Waals surface area (Å²) in [5.74, 6) is 0.653. The number of hydrogen-bond acceptors (Lipinski definition) is 3. The van der Waals surface area contributed by atoms with Gasteiger partial charge in [0, 0.05) is 11.3 Å². The van der Waals surface area contributed by atoms with E-state index in [9.17, 15) is 4.79 Å². The molecule has 1 aromatic carbocycles. The van der Waals surface area contributed by atoms with Gasteiger partial charge in [-0.3, -0.25) is 4.79 Å². The van der Waals surface area contributed by atoms with Gasteiger partial charge in [0.1, 0.15) is 5.75 Å². The molecule has 0 unspecified atom stereocenters. The molecule has 0 saturated heterocycles. The summed E-state index contributed by atoms with van der Waals surface area (Å²) in [5.41, 5.74) is 1.23. The van der Waals surface area contributed by atoms with Gasteiger partial charge in [-0.1, -0.05) is 0 Å². The first kappa shape index (κ1) is 9.54. The zero-order chi connectivity index (χ0) is 9.68. The fourth-order valence-electron chi connectivity index (χ4n) is 1.03. The fraction of sp³-hybridized carbons (Fsp3) is 0.222. The number of ether oxygens (including phenoxy) is 1. The molecule has 0 aliphatic carbocycles. The average molecular weight is 181 g/mol. The van der Waals surface area contributed by atoms with E-state index < -0.39 is 0 Å². The van der Waals surface area contributed by atoms with Gasteiger partial charge >= 0.3 is 0 Å². The van der Waals surface area contributed by atoms with Gasteiger partial charge in [0.25, 0.3) is 0 Å². The number of benzene rings is 1. The van der Waals surface area contributed by atoms with Crippen molar-refractivity contribution in [2.75, 3.05) is 12.4 Å². The summed E-state index contributed by atoms with van der Waals surface area (Å²) in [4.78, 5) is 10.2. The van der Waals surface area contributed by atoms with E-state index in [1.165, 1.54) is 0 Å². The van der Waals surface area contributed by atoms with Crippen LogP contribution < -0.4 is 10.1 Å². The summed E-state index contributed by atoms with van der Waals surface area (Å²) in [6.45, 7) is -0.132. The van der Waals surface area contributed by atoms with Crippen molar-refractivity contribution in [2.24, 2.45) is 0 Å². The second-order valence-corrected chi connectivity index (χ2v) is 2.44. The van der Waals surface area contributed by atoms with Crippen molar-refractivity contribution >= 4 is 12.1 Å². The van der Waals surface area contributed by atoms with Crippen LogP contribution in [0, 0.1) is 0 Å². The Balaban J connectivity index is 3.00. The Labute approximate surface area is 76.1 Å². The number of hydrogen-bond donors (Lipinski definition) is 2. The molecule has 0 fully saturated rings. The topological polar surface area (TPSA) is 58.6 Å². The van der Waals surface area contributed by atoms with E-state index >= 15 is 0 Å². The highest BCUT2D eigenvalue weighted by Gasteiger charge is 2.01. The van der Waals surface area contributed by atoms with Crippen LogP contribution in [0.1, 0.15) is 5.56 Å². The van der Waals surface area contributed by atoms with E-state index in [0.29, 0.717) is 23.4 Å². The van der Waals surface area contributed by atoms with Crippen molar-refractivity contribution in [3.05, 3.63) is 23.8 Å². The summed E-state index contributed by atoms with van der Waals surface area (Å²) in [7, 11) is 1.54. The molecule has 13 heavy (non-hydrogen) atoms. The van der Waals surface area contributed by atoms with Crippen molar-refractivity contribution in [1.82, 2.24) is 0 Å². The minimum atomic E-state index is -0.132. The molecule has 0 saturated carbocycles. The van der Waals surface area contributed by atoms with E-state index in [-0.39, 0.29) is 6.61 Å². The average Bonchev–Trinajstić information content (AvgIpc) is 2.19. The number of carbonyl (C=O) groups is 1. The van der Waals surface area contributed by atoms with Crippen LogP contribution in [0.25, 0.3) is 0 Å². The van der Waals surface area contributed by atoms with Crippen LogP contribution in [-0.2, 0) is 11.4 Å². The lowest BCUT2D eigenvalue weighted by molar-refractivity contribution is -0.105. The second-order valence-electron chi connectivity index (χ2n) is 2.44. The van der Waals surface area contributed by atoms with E-state index in [0.717, 1.165) is 0 Å². The van der Waals surface area contributed by atoms with Crippen LogP contribution in [-0.4, -0.2) is 18.6 Å². The van der Waals surface area contributed by atoms with E-state index in [1.807, 2.05) is 0 Å². The zero-order valence-corrected chi connectivity index (χ0v) is 7.28. The molecule has 4 nitrogen and oxygen atoms in total. The molecule has 0 aliphatic heterocycles. The SMILES string of the molecule is COc1ccc(NC=O)c(CO)c1. The molecule has 1 rings (SSSR count). The molecule has 0 atom stereocenters. The standard InChI is InChI=1S/C9H11NO3/c1-13-8-2-3-9(10-6-12)7(4-8)5-11/h2-4,6,11H,5H2,1H3,(H,10,12). The molecule has 2 N–H and O–H groups in total. The van der Waals surface area contributed by atoms with Crippen molar-refractivity contribution < 1.29 is 14.6 Å². The summed E-state index contributed by atoms with van der Waals surface area (Å²) in [6, 6.07) is 5.07. The summed E-state index contributed by atoms with van der Waals surface area (Å²) in [6.07, 6.45) is 0.570. The third-order valence-corrected chi connectivity index (χ3v) is 1.70. The maximum absolute atomic E-state index is 10.2. The van der Waals surface area contributed by atoms with Gasteiger partial charge in [-0.15, -0.1) is 0 Å². The van der Waals surface area contributed by atoms with Crippen LogP contribution in [0.3, 0.4) is 0 Å². The molecule has 0 bridgehead atoms. The minimum absolute atomic E-state index is 0.132. The number of carbonyl (C=O) groups excluding carboxylic acids is 1. The monoisotopic (exact) mass is 181 g/mol. The van der Waals surface area contributed by atoms with Crippen molar-refractivity contribution in [3.63, 3.8) is 0 Å². The lowest BCUT2D eigenvalue weighted by Crippen LogP contribution is -1.99. The number of aliphatic hydroxyl groups excluding tert-OH is 1. The fourth-order valence-corrected chi connectivity index (χ4v) is 1.03. The molecule has 1 amide bonds. The minimum Gasteiger partial charge on any atom is -0.497 e. The van der Waals surface area contributed by atoms with Crippen molar-refractivity contribution in [3.8, 4) is 5.75 Å². The van der Waals surface area contributed by atoms with Gasteiger partial charge in [0.2, 0.25) is 6.41 Å². The smallest absolute Gasteiger partial charge is 0.211 e. The number of amides is 1. The van der Waals surface area contributed by atoms with Crippen LogP contribution in [0.5, 0.6) is 5.75 Å². The number of rotatable bonds is 4. The predicted molar refractivity (Wildman–Crippen MR) is 48.6 cm³/mol. The summed E-state index contributed by atoms with van der Waals surface area (Å²) >= 11 is 0. The van der Waals surface area contributed by atoms with Crippen LogP contribution in [0.15, 0.2) is 18.2 Å². The van der Waals surface area contributed by atoms with E-state index in [1.54, 1.807) is 25.3 Å².